The third-order valence-corrected chi connectivity index (χ3v) is 3.78. The van der Waals surface area contributed by atoms with Crippen molar-refractivity contribution < 1.29 is 19.4 Å². The topological polar surface area (TPSA) is 63.6 Å². The fraction of sp³-hybridized carbons (Fsp3) is 0.692. The zero-order valence-corrected chi connectivity index (χ0v) is 10.3. The molecule has 4 heteroatoms. The van der Waals surface area contributed by atoms with Gasteiger partial charge in [-0.1, -0.05) is 11.6 Å². The minimum atomic E-state index is -0.882. The van der Waals surface area contributed by atoms with Crippen LogP contribution in [0.3, 0.4) is 0 Å². The zero-order chi connectivity index (χ0) is 12.7. The van der Waals surface area contributed by atoms with Crippen molar-refractivity contribution in [2.45, 2.75) is 33.3 Å². The van der Waals surface area contributed by atoms with Crippen LogP contribution in [0.15, 0.2) is 11.6 Å². The van der Waals surface area contributed by atoms with Gasteiger partial charge in [-0.2, -0.15) is 0 Å². The summed E-state index contributed by atoms with van der Waals surface area (Å²) in [5, 5.41) is 9.24. The van der Waals surface area contributed by atoms with E-state index in [1.54, 1.807) is 13.8 Å². The van der Waals surface area contributed by atoms with Crippen molar-refractivity contribution in [2.75, 3.05) is 0 Å². The molecule has 4 unspecified atom stereocenters. The Kier molecular flexibility index (Phi) is 2.98. The molecule has 2 aliphatic carbocycles. The molecule has 2 bridgehead atoms. The van der Waals surface area contributed by atoms with Crippen LogP contribution in [0.25, 0.3) is 0 Å². The van der Waals surface area contributed by atoms with Gasteiger partial charge in [0, 0.05) is 0 Å². The molecule has 0 aromatic rings. The Balaban J connectivity index is 2.22. The average Bonchev–Trinajstić information content (AvgIpc) is 2.71. The van der Waals surface area contributed by atoms with Crippen molar-refractivity contribution in [1.82, 2.24) is 0 Å². The summed E-state index contributed by atoms with van der Waals surface area (Å²) in [6, 6.07) is 0. The van der Waals surface area contributed by atoms with Crippen LogP contribution in [-0.4, -0.2) is 23.1 Å². The number of aliphatic carboxylic acids is 1. The molecule has 1 saturated carbocycles. The van der Waals surface area contributed by atoms with Gasteiger partial charge in [-0.05, 0) is 39.0 Å². The molecule has 0 saturated heterocycles. The summed E-state index contributed by atoms with van der Waals surface area (Å²) in [5.41, 5.74) is 1.14. The van der Waals surface area contributed by atoms with Crippen LogP contribution in [-0.2, 0) is 14.3 Å². The average molecular weight is 238 g/mol. The molecule has 0 aromatic heterocycles. The first-order valence-electron chi connectivity index (χ1n) is 6.03. The molecular weight excluding hydrogens is 220 g/mol. The molecule has 0 heterocycles. The van der Waals surface area contributed by atoms with Crippen LogP contribution < -0.4 is 0 Å². The molecule has 4 nitrogen and oxygen atoms in total. The Morgan fingerprint density at radius 1 is 1.41 bits per heavy atom. The molecule has 2 rings (SSSR count). The number of allylic oxidation sites excluding steroid dienone is 2. The molecule has 2 aliphatic rings. The van der Waals surface area contributed by atoms with E-state index in [4.69, 9.17) is 4.74 Å². The Labute approximate surface area is 101 Å². The van der Waals surface area contributed by atoms with Crippen LogP contribution in [0.4, 0.5) is 0 Å². The first-order valence-corrected chi connectivity index (χ1v) is 6.03. The van der Waals surface area contributed by atoms with Crippen LogP contribution in [0.5, 0.6) is 0 Å². The predicted molar refractivity (Wildman–Crippen MR) is 61.2 cm³/mol. The monoisotopic (exact) mass is 238 g/mol. The summed E-state index contributed by atoms with van der Waals surface area (Å²) in [6.07, 6.45) is 2.59. The Bertz CT molecular complexity index is 383. The summed E-state index contributed by atoms with van der Waals surface area (Å²) in [7, 11) is 0. The van der Waals surface area contributed by atoms with Crippen LogP contribution in [0.2, 0.25) is 0 Å². The smallest absolute Gasteiger partial charge is 0.310 e. The van der Waals surface area contributed by atoms with Crippen LogP contribution >= 0.6 is 0 Å². The molecule has 4 atom stereocenters. The molecule has 0 amide bonds. The summed E-state index contributed by atoms with van der Waals surface area (Å²) in [5.74, 6) is -2.27. The Morgan fingerprint density at radius 2 is 2.06 bits per heavy atom. The summed E-state index contributed by atoms with van der Waals surface area (Å²) >= 11 is 0. The predicted octanol–water partition coefficient (Wildman–Crippen LogP) is 1.85. The number of carbonyl (C=O) groups excluding carboxylic acids is 1. The van der Waals surface area contributed by atoms with Gasteiger partial charge in [0.05, 0.1) is 17.9 Å². The lowest BCUT2D eigenvalue weighted by Crippen LogP contribution is -2.36. The molecule has 0 aliphatic heterocycles. The van der Waals surface area contributed by atoms with E-state index in [-0.39, 0.29) is 23.9 Å². The highest BCUT2D eigenvalue weighted by molar-refractivity contribution is 5.83. The number of carboxylic acids is 1. The van der Waals surface area contributed by atoms with Gasteiger partial charge in [-0.3, -0.25) is 9.59 Å². The van der Waals surface area contributed by atoms with Gasteiger partial charge in [-0.15, -0.1) is 0 Å². The minimum Gasteiger partial charge on any atom is -0.481 e. The number of carbonyl (C=O) groups is 2. The number of hydrogen-bond acceptors (Lipinski definition) is 3. The summed E-state index contributed by atoms with van der Waals surface area (Å²) in [6.45, 7) is 5.53. The lowest BCUT2D eigenvalue weighted by molar-refractivity contribution is -0.161. The van der Waals surface area contributed by atoms with Gasteiger partial charge in [0.15, 0.2) is 0 Å². The number of rotatable bonds is 3. The molecule has 1 N–H and O–H groups in total. The summed E-state index contributed by atoms with van der Waals surface area (Å²) < 4.78 is 5.19. The maximum absolute atomic E-state index is 12.0. The van der Waals surface area contributed by atoms with Gasteiger partial charge < -0.3 is 9.84 Å². The fourth-order valence-corrected chi connectivity index (χ4v) is 3.16. The third-order valence-electron chi connectivity index (χ3n) is 3.78. The Hall–Kier alpha value is -1.32. The minimum absolute atomic E-state index is 0.00205. The number of ether oxygens (including phenoxy) is 1. The lowest BCUT2D eigenvalue weighted by atomic mass is 9.80. The summed E-state index contributed by atoms with van der Waals surface area (Å²) in [4.78, 5) is 23.3. The van der Waals surface area contributed by atoms with Gasteiger partial charge in [0.25, 0.3) is 0 Å². The second-order valence-corrected chi connectivity index (χ2v) is 5.29. The maximum atomic E-state index is 12.0. The van der Waals surface area contributed by atoms with Gasteiger partial charge in [0.2, 0.25) is 0 Å². The van der Waals surface area contributed by atoms with E-state index in [1.165, 1.54) is 0 Å². The second kappa shape index (κ2) is 4.17. The van der Waals surface area contributed by atoms with Crippen LogP contribution in [0.1, 0.15) is 27.2 Å². The van der Waals surface area contributed by atoms with E-state index in [0.717, 1.165) is 12.0 Å². The fourth-order valence-electron chi connectivity index (χ4n) is 3.16. The first-order chi connectivity index (χ1) is 7.91. The van der Waals surface area contributed by atoms with Gasteiger partial charge in [0.1, 0.15) is 0 Å². The third kappa shape index (κ3) is 1.96. The van der Waals surface area contributed by atoms with E-state index in [2.05, 4.69) is 0 Å². The molecule has 0 radical (unpaired) electrons. The van der Waals surface area contributed by atoms with Crippen molar-refractivity contribution in [3.8, 4) is 0 Å². The number of hydrogen-bond donors (Lipinski definition) is 1. The van der Waals surface area contributed by atoms with Crippen LogP contribution in [0, 0.1) is 23.7 Å². The molecule has 17 heavy (non-hydrogen) atoms. The molecule has 0 spiro atoms. The number of esters is 1. The van der Waals surface area contributed by atoms with Crippen molar-refractivity contribution >= 4 is 11.9 Å². The SMILES string of the molecule is CC1=CC2CC1C(C(=O)OC(C)C)C2C(=O)O. The quantitative estimate of drug-likeness (QED) is 0.602. The normalized spacial score (nSPS) is 34.9. The lowest BCUT2D eigenvalue weighted by Gasteiger charge is -2.26. The van der Waals surface area contributed by atoms with Crippen molar-refractivity contribution in [2.24, 2.45) is 23.7 Å². The van der Waals surface area contributed by atoms with Crippen molar-refractivity contribution in [1.29, 1.82) is 0 Å². The molecule has 1 fully saturated rings. The zero-order valence-electron chi connectivity index (χ0n) is 10.3. The van der Waals surface area contributed by atoms with Gasteiger partial charge in [-0.25, -0.2) is 0 Å². The largest absolute Gasteiger partial charge is 0.481 e. The maximum Gasteiger partial charge on any atom is 0.310 e. The van der Waals surface area contributed by atoms with Crippen molar-refractivity contribution in [3.05, 3.63) is 11.6 Å². The molecule has 94 valence electrons. The highest BCUT2D eigenvalue weighted by Crippen LogP contribution is 2.52. The van der Waals surface area contributed by atoms with Gasteiger partial charge >= 0.3 is 11.9 Å². The highest BCUT2D eigenvalue weighted by Gasteiger charge is 2.54. The second-order valence-electron chi connectivity index (χ2n) is 5.29. The molecular formula is C13H18O4. The van der Waals surface area contributed by atoms with E-state index in [9.17, 15) is 14.7 Å². The van der Waals surface area contributed by atoms with E-state index < -0.39 is 17.8 Å². The standard InChI is InChI=1S/C13H18O4/c1-6(2)17-13(16)11-9-5-8(4-7(9)3)10(11)12(14)15/h4,6,8-11H,5H2,1-3H3,(H,14,15). The van der Waals surface area contributed by atoms with Crippen molar-refractivity contribution in [3.63, 3.8) is 0 Å². The van der Waals surface area contributed by atoms with E-state index >= 15 is 0 Å². The van der Waals surface area contributed by atoms with E-state index in [0.29, 0.717) is 0 Å². The Morgan fingerprint density at radius 3 is 2.59 bits per heavy atom. The highest BCUT2D eigenvalue weighted by atomic mass is 16.5. The first kappa shape index (κ1) is 12.1. The number of fused-ring (bicyclic) bond motifs is 2. The molecule has 0 aromatic carbocycles. The number of carboxylic acid groups (broad SMARTS) is 1. The van der Waals surface area contributed by atoms with E-state index in [1.807, 2.05) is 13.0 Å².